The van der Waals surface area contributed by atoms with Gasteiger partial charge in [-0.05, 0) is 0 Å². The van der Waals surface area contributed by atoms with Crippen LogP contribution < -0.4 is 0 Å². The minimum absolute atomic E-state index is 2.98. The number of ether oxygens (including phenoxy) is 1. The maximum Gasteiger partial charge on any atom is 0.428 e. The molecule has 0 aromatic rings. The molecule has 0 saturated heterocycles. The molecule has 0 rings (SSSR count). The second-order valence-corrected chi connectivity index (χ2v) is 4.19. The van der Waals surface area contributed by atoms with E-state index in [9.17, 15) is 26.3 Å². The average Bonchev–Trinajstić information content (AvgIpc) is 1.78. The minimum atomic E-state index is -5.81. The van der Waals surface area contributed by atoms with E-state index in [1.165, 1.54) is 0 Å². The van der Waals surface area contributed by atoms with Crippen LogP contribution in [0.2, 0.25) is 0 Å². The van der Waals surface area contributed by atoms with Gasteiger partial charge in [0.25, 0.3) is 6.17 Å². The van der Waals surface area contributed by atoms with Gasteiger partial charge < -0.3 is 0 Å². The summed E-state index contributed by atoms with van der Waals surface area (Å²) in [6.45, 7) is 0. The van der Waals surface area contributed by atoms with Gasteiger partial charge in [-0.1, -0.05) is 34.8 Å². The highest BCUT2D eigenvalue weighted by Crippen LogP contribution is 2.41. The first-order valence-corrected chi connectivity index (χ1v) is 3.85. The van der Waals surface area contributed by atoms with Gasteiger partial charge in [-0.2, -0.15) is 22.0 Å². The Kier molecular flexibility index (Phi) is 4.23. The van der Waals surface area contributed by atoms with Gasteiger partial charge in [0, 0.05) is 0 Å². The highest BCUT2D eigenvalue weighted by molar-refractivity contribution is 6.66. The van der Waals surface area contributed by atoms with E-state index in [1.807, 2.05) is 0 Å². The summed E-state index contributed by atoms with van der Waals surface area (Å²) in [7, 11) is 0. The lowest BCUT2D eigenvalue weighted by Crippen LogP contribution is -2.45. The van der Waals surface area contributed by atoms with Crippen LogP contribution in [0.15, 0.2) is 0 Å². The Balaban J connectivity index is 4.63. The molecule has 0 saturated carbocycles. The first-order valence-electron chi connectivity index (χ1n) is 2.72. The molecule has 0 aliphatic carbocycles. The van der Waals surface area contributed by atoms with Crippen molar-refractivity contribution in [2.24, 2.45) is 0 Å². The Morgan fingerprint density at radius 2 is 1.29 bits per heavy atom. The third kappa shape index (κ3) is 4.77. The van der Waals surface area contributed by atoms with Gasteiger partial charge in [-0.3, -0.25) is 4.74 Å². The summed E-state index contributed by atoms with van der Waals surface area (Å²) >= 11 is 13.8. The Hall–Kier alpha value is 0.410. The molecule has 86 valence electrons. The Bertz CT molecular complexity index is 198. The normalized spacial score (nSPS) is 16.9. The monoisotopic (exact) mass is 284 g/mol. The molecule has 0 aromatic carbocycles. The van der Waals surface area contributed by atoms with Gasteiger partial charge in [-0.15, -0.1) is 0 Å². The van der Waals surface area contributed by atoms with Crippen molar-refractivity contribution in [3.63, 3.8) is 0 Å². The molecule has 0 aliphatic heterocycles. The SMILES string of the molecule is FC(C(F)(F)F)C(F)(F)OC(Cl)(Cl)Cl. The van der Waals surface area contributed by atoms with Crippen molar-refractivity contribution in [1.82, 2.24) is 0 Å². The van der Waals surface area contributed by atoms with E-state index in [2.05, 4.69) is 39.5 Å². The Morgan fingerprint density at radius 1 is 0.929 bits per heavy atom. The summed E-state index contributed by atoms with van der Waals surface area (Å²) in [5, 5.41) is 0. The van der Waals surface area contributed by atoms with E-state index in [1.54, 1.807) is 0 Å². The molecule has 14 heavy (non-hydrogen) atoms. The molecule has 10 heteroatoms. The van der Waals surface area contributed by atoms with Gasteiger partial charge in [0.15, 0.2) is 0 Å². The predicted molar refractivity (Wildman–Crippen MR) is 37.3 cm³/mol. The number of alkyl halides is 9. The summed E-state index contributed by atoms with van der Waals surface area (Å²) in [5.41, 5.74) is 0. The maximum atomic E-state index is 12.2. The fraction of sp³-hybridized carbons (Fsp3) is 1.00. The van der Waals surface area contributed by atoms with E-state index in [-0.39, 0.29) is 0 Å². The van der Waals surface area contributed by atoms with E-state index in [4.69, 9.17) is 0 Å². The molecule has 0 spiro atoms. The number of rotatable bonds is 2. The molecule has 1 atom stereocenters. The summed E-state index contributed by atoms with van der Waals surface area (Å²) in [6, 6.07) is 0. The van der Waals surface area contributed by atoms with E-state index in [0.717, 1.165) is 0 Å². The Morgan fingerprint density at radius 3 is 1.50 bits per heavy atom. The molecule has 0 bridgehead atoms. The fourth-order valence-corrected chi connectivity index (χ4v) is 0.705. The lowest BCUT2D eigenvalue weighted by molar-refractivity contribution is -0.338. The third-order valence-corrected chi connectivity index (χ3v) is 1.07. The lowest BCUT2D eigenvalue weighted by Gasteiger charge is -2.25. The van der Waals surface area contributed by atoms with Crippen LogP contribution in [0.1, 0.15) is 0 Å². The van der Waals surface area contributed by atoms with Crippen LogP contribution in [-0.4, -0.2) is 22.4 Å². The van der Waals surface area contributed by atoms with Crippen molar-refractivity contribution in [3.8, 4) is 0 Å². The molecule has 1 unspecified atom stereocenters. The molecule has 0 heterocycles. The molecule has 0 aliphatic rings. The molecular weight excluding hydrogens is 284 g/mol. The highest BCUT2D eigenvalue weighted by atomic mass is 35.6. The maximum absolute atomic E-state index is 12.2. The van der Waals surface area contributed by atoms with Crippen LogP contribution in [0.4, 0.5) is 26.3 Å². The van der Waals surface area contributed by atoms with Crippen LogP contribution >= 0.6 is 34.8 Å². The molecular formula is C4HCl3F6O. The quantitative estimate of drug-likeness (QED) is 0.553. The van der Waals surface area contributed by atoms with Crippen molar-refractivity contribution < 1.29 is 31.1 Å². The van der Waals surface area contributed by atoms with E-state index >= 15 is 0 Å². The molecule has 0 aromatic heterocycles. The number of hydrogen-bond donors (Lipinski definition) is 0. The first kappa shape index (κ1) is 14.4. The van der Waals surface area contributed by atoms with Crippen molar-refractivity contribution in [1.29, 1.82) is 0 Å². The average molecular weight is 285 g/mol. The Labute approximate surface area is 88.9 Å². The number of hydrogen-bond acceptors (Lipinski definition) is 1. The zero-order chi connectivity index (χ0) is 11.8. The van der Waals surface area contributed by atoms with E-state index in [0.29, 0.717) is 0 Å². The van der Waals surface area contributed by atoms with Crippen molar-refractivity contribution in [2.75, 3.05) is 0 Å². The third-order valence-electron chi connectivity index (χ3n) is 0.834. The summed E-state index contributed by atoms with van der Waals surface area (Å²) < 4.78 is 70.7. The lowest BCUT2D eigenvalue weighted by atomic mass is 10.3. The summed E-state index contributed by atoms with van der Waals surface area (Å²) in [5.74, 6) is 0. The van der Waals surface area contributed by atoms with Crippen molar-refractivity contribution >= 4 is 34.8 Å². The fourth-order valence-electron chi connectivity index (χ4n) is 0.397. The van der Waals surface area contributed by atoms with Crippen molar-refractivity contribution in [3.05, 3.63) is 0 Å². The molecule has 1 nitrogen and oxygen atoms in total. The standard InChI is InChI=1S/C4HCl3F6O/c5-4(6,7)14-3(12,13)1(8)2(9,10)11/h1H. The second-order valence-electron chi connectivity index (χ2n) is 2.01. The van der Waals surface area contributed by atoms with E-state index < -0.39 is 22.4 Å². The van der Waals surface area contributed by atoms with Crippen molar-refractivity contribution in [2.45, 2.75) is 22.4 Å². The topological polar surface area (TPSA) is 9.23 Å². The van der Waals surface area contributed by atoms with Gasteiger partial charge in [-0.25, -0.2) is 4.39 Å². The van der Waals surface area contributed by atoms with Gasteiger partial charge in [0.05, 0.1) is 0 Å². The first-order chi connectivity index (χ1) is 5.86. The van der Waals surface area contributed by atoms with Gasteiger partial charge >= 0.3 is 16.3 Å². The van der Waals surface area contributed by atoms with Gasteiger partial charge in [0.1, 0.15) is 0 Å². The molecule has 0 radical (unpaired) electrons. The second kappa shape index (κ2) is 4.11. The summed E-state index contributed by atoms with van der Waals surface area (Å²) in [6.07, 6.45) is -15.6. The van der Waals surface area contributed by atoms with Gasteiger partial charge in [0.2, 0.25) is 0 Å². The molecule has 0 amide bonds. The minimum Gasteiger partial charge on any atom is -0.267 e. The highest BCUT2D eigenvalue weighted by Gasteiger charge is 2.60. The molecule has 0 N–H and O–H groups in total. The molecule has 0 fully saturated rings. The largest absolute Gasteiger partial charge is 0.428 e. The smallest absolute Gasteiger partial charge is 0.267 e. The van der Waals surface area contributed by atoms with Crippen LogP contribution in [0.5, 0.6) is 0 Å². The van der Waals surface area contributed by atoms with Crippen LogP contribution in [0.3, 0.4) is 0 Å². The zero-order valence-corrected chi connectivity index (χ0v) is 8.16. The summed E-state index contributed by atoms with van der Waals surface area (Å²) in [4.78, 5) is 0. The predicted octanol–water partition coefficient (Wildman–Crippen LogP) is 3.82. The zero-order valence-electron chi connectivity index (χ0n) is 5.89. The number of halogens is 9. The van der Waals surface area contributed by atoms with Crippen LogP contribution in [0.25, 0.3) is 0 Å². The van der Waals surface area contributed by atoms with Crippen LogP contribution in [-0.2, 0) is 4.74 Å². The van der Waals surface area contributed by atoms with Crippen LogP contribution in [0, 0.1) is 0 Å².